The SMILES string of the molecule is CCS(=O)(=O)CCOc1ccc2c(c1)CCC2NC. The van der Waals surface area contributed by atoms with Crippen LogP contribution in [-0.4, -0.2) is 33.6 Å². The number of fused-ring (bicyclic) bond motifs is 1. The first kappa shape index (κ1) is 14.3. The minimum absolute atomic E-state index is 0.0831. The van der Waals surface area contributed by atoms with Crippen molar-refractivity contribution in [1.82, 2.24) is 5.32 Å². The number of aryl methyl sites for hydroxylation is 1. The summed E-state index contributed by atoms with van der Waals surface area (Å²) in [5.74, 6) is 1.02. The minimum Gasteiger partial charge on any atom is -0.493 e. The van der Waals surface area contributed by atoms with E-state index in [0.29, 0.717) is 6.04 Å². The third-order valence-corrected chi connectivity index (χ3v) is 5.31. The van der Waals surface area contributed by atoms with Gasteiger partial charge in [0.1, 0.15) is 12.4 Å². The highest BCUT2D eigenvalue weighted by Crippen LogP contribution is 2.33. The van der Waals surface area contributed by atoms with Gasteiger partial charge < -0.3 is 10.1 Å². The maximum Gasteiger partial charge on any atom is 0.153 e. The molecule has 1 unspecified atom stereocenters. The highest BCUT2D eigenvalue weighted by atomic mass is 32.2. The maximum absolute atomic E-state index is 11.4. The number of ether oxygens (including phenoxy) is 1. The first-order valence-electron chi connectivity index (χ1n) is 6.69. The van der Waals surface area contributed by atoms with E-state index in [4.69, 9.17) is 4.74 Å². The molecule has 4 nitrogen and oxygen atoms in total. The van der Waals surface area contributed by atoms with Gasteiger partial charge in [-0.15, -0.1) is 0 Å². The van der Waals surface area contributed by atoms with E-state index in [-0.39, 0.29) is 18.1 Å². The van der Waals surface area contributed by atoms with Crippen LogP contribution >= 0.6 is 0 Å². The maximum atomic E-state index is 11.4. The van der Waals surface area contributed by atoms with Crippen LogP contribution in [-0.2, 0) is 16.3 Å². The molecule has 0 aliphatic heterocycles. The number of nitrogens with one attached hydrogen (secondary N) is 1. The second-order valence-electron chi connectivity index (χ2n) is 4.83. The second kappa shape index (κ2) is 5.92. The number of hydrogen-bond donors (Lipinski definition) is 1. The summed E-state index contributed by atoms with van der Waals surface area (Å²) in [5.41, 5.74) is 2.63. The summed E-state index contributed by atoms with van der Waals surface area (Å²) in [6.07, 6.45) is 2.16. The molecule has 0 amide bonds. The molecule has 0 heterocycles. The lowest BCUT2D eigenvalue weighted by Crippen LogP contribution is -2.15. The smallest absolute Gasteiger partial charge is 0.153 e. The molecule has 1 aliphatic carbocycles. The Morgan fingerprint density at radius 1 is 1.42 bits per heavy atom. The zero-order valence-electron chi connectivity index (χ0n) is 11.5. The number of benzene rings is 1. The van der Waals surface area contributed by atoms with E-state index >= 15 is 0 Å². The first-order chi connectivity index (χ1) is 9.05. The lowest BCUT2D eigenvalue weighted by atomic mass is 10.1. The van der Waals surface area contributed by atoms with Crippen molar-refractivity contribution in [3.63, 3.8) is 0 Å². The fourth-order valence-corrected chi connectivity index (χ4v) is 3.04. The number of sulfone groups is 1. The molecule has 5 heteroatoms. The van der Waals surface area contributed by atoms with Crippen LogP contribution in [0.15, 0.2) is 18.2 Å². The van der Waals surface area contributed by atoms with Gasteiger partial charge in [0.2, 0.25) is 0 Å². The molecule has 1 aromatic carbocycles. The molecular weight excluding hydrogens is 262 g/mol. The first-order valence-corrected chi connectivity index (χ1v) is 8.51. The van der Waals surface area contributed by atoms with Crippen molar-refractivity contribution in [2.45, 2.75) is 25.8 Å². The Morgan fingerprint density at radius 2 is 2.21 bits per heavy atom. The average Bonchev–Trinajstić information content (AvgIpc) is 2.81. The Morgan fingerprint density at radius 3 is 2.89 bits per heavy atom. The summed E-state index contributed by atoms with van der Waals surface area (Å²) in [7, 11) is -0.977. The van der Waals surface area contributed by atoms with E-state index in [1.807, 2.05) is 19.2 Å². The molecule has 19 heavy (non-hydrogen) atoms. The van der Waals surface area contributed by atoms with Gasteiger partial charge in [-0.25, -0.2) is 8.42 Å². The Bertz CT molecular complexity index is 540. The van der Waals surface area contributed by atoms with E-state index in [1.54, 1.807) is 6.92 Å². The summed E-state index contributed by atoms with van der Waals surface area (Å²) in [5, 5.41) is 3.29. The van der Waals surface area contributed by atoms with Crippen molar-refractivity contribution in [2.24, 2.45) is 0 Å². The molecule has 2 rings (SSSR count). The molecule has 0 radical (unpaired) electrons. The Labute approximate surface area is 115 Å². The molecule has 106 valence electrons. The minimum atomic E-state index is -2.95. The topological polar surface area (TPSA) is 55.4 Å². The Kier molecular flexibility index (Phi) is 4.47. The second-order valence-corrected chi connectivity index (χ2v) is 7.30. The summed E-state index contributed by atoms with van der Waals surface area (Å²) in [6.45, 7) is 1.88. The van der Waals surface area contributed by atoms with E-state index in [1.165, 1.54) is 11.1 Å². The van der Waals surface area contributed by atoms with E-state index in [0.717, 1.165) is 18.6 Å². The van der Waals surface area contributed by atoms with Crippen LogP contribution in [0.5, 0.6) is 5.75 Å². The van der Waals surface area contributed by atoms with Gasteiger partial charge in [0.05, 0.1) is 5.75 Å². The van der Waals surface area contributed by atoms with Gasteiger partial charge in [0, 0.05) is 11.8 Å². The van der Waals surface area contributed by atoms with Crippen molar-refractivity contribution in [2.75, 3.05) is 25.2 Å². The quantitative estimate of drug-likeness (QED) is 0.863. The van der Waals surface area contributed by atoms with Crippen molar-refractivity contribution < 1.29 is 13.2 Å². The molecule has 0 spiro atoms. The van der Waals surface area contributed by atoms with Gasteiger partial charge in [0.25, 0.3) is 0 Å². The molecule has 0 aromatic heterocycles. The van der Waals surface area contributed by atoms with Crippen molar-refractivity contribution in [3.8, 4) is 5.75 Å². The van der Waals surface area contributed by atoms with Crippen LogP contribution in [0.1, 0.15) is 30.5 Å². The highest BCUT2D eigenvalue weighted by molar-refractivity contribution is 7.91. The summed E-state index contributed by atoms with van der Waals surface area (Å²) >= 11 is 0. The number of rotatable bonds is 6. The average molecular weight is 283 g/mol. The lowest BCUT2D eigenvalue weighted by molar-refractivity contribution is 0.340. The fraction of sp³-hybridized carbons (Fsp3) is 0.571. The van der Waals surface area contributed by atoms with Gasteiger partial charge in [-0.05, 0) is 43.1 Å². The molecule has 1 aromatic rings. The largest absolute Gasteiger partial charge is 0.493 e. The molecule has 0 saturated heterocycles. The van der Waals surface area contributed by atoms with E-state index < -0.39 is 9.84 Å². The van der Waals surface area contributed by atoms with Crippen molar-refractivity contribution >= 4 is 9.84 Å². The highest BCUT2D eigenvalue weighted by Gasteiger charge is 2.21. The van der Waals surface area contributed by atoms with Crippen LogP contribution in [0.3, 0.4) is 0 Å². The lowest BCUT2D eigenvalue weighted by Gasteiger charge is -2.11. The Balaban J connectivity index is 1.97. The van der Waals surface area contributed by atoms with Gasteiger partial charge in [0.15, 0.2) is 9.84 Å². The fourth-order valence-electron chi connectivity index (χ4n) is 2.41. The van der Waals surface area contributed by atoms with Gasteiger partial charge in [-0.2, -0.15) is 0 Å². The zero-order valence-corrected chi connectivity index (χ0v) is 12.3. The zero-order chi connectivity index (χ0) is 13.9. The standard InChI is InChI=1S/C14H21NO3S/c1-3-19(16,17)9-8-18-12-5-6-13-11(10-12)4-7-14(13)15-2/h5-6,10,14-15H,3-4,7-9H2,1-2H3. The molecule has 1 atom stereocenters. The monoisotopic (exact) mass is 283 g/mol. The van der Waals surface area contributed by atoms with Gasteiger partial charge >= 0.3 is 0 Å². The van der Waals surface area contributed by atoms with Gasteiger partial charge in [-0.1, -0.05) is 13.0 Å². The molecule has 0 saturated carbocycles. The summed E-state index contributed by atoms with van der Waals surface area (Å²) in [4.78, 5) is 0. The van der Waals surface area contributed by atoms with E-state index in [9.17, 15) is 8.42 Å². The van der Waals surface area contributed by atoms with Crippen LogP contribution in [0.2, 0.25) is 0 Å². The third-order valence-electron chi connectivity index (χ3n) is 3.64. The Hall–Kier alpha value is -1.07. The molecule has 1 N–H and O–H groups in total. The number of hydrogen-bond acceptors (Lipinski definition) is 4. The van der Waals surface area contributed by atoms with Crippen molar-refractivity contribution in [3.05, 3.63) is 29.3 Å². The summed E-state index contributed by atoms with van der Waals surface area (Å²) in [6, 6.07) is 6.47. The molecule has 0 fully saturated rings. The van der Waals surface area contributed by atoms with Crippen LogP contribution in [0, 0.1) is 0 Å². The normalized spacial score (nSPS) is 18.3. The third kappa shape index (κ3) is 3.48. The molecule has 1 aliphatic rings. The van der Waals surface area contributed by atoms with Gasteiger partial charge in [-0.3, -0.25) is 0 Å². The molecule has 0 bridgehead atoms. The van der Waals surface area contributed by atoms with Crippen molar-refractivity contribution in [1.29, 1.82) is 0 Å². The van der Waals surface area contributed by atoms with E-state index in [2.05, 4.69) is 11.4 Å². The van der Waals surface area contributed by atoms with Crippen LogP contribution < -0.4 is 10.1 Å². The predicted molar refractivity (Wildman–Crippen MR) is 76.4 cm³/mol. The van der Waals surface area contributed by atoms with Crippen LogP contribution in [0.25, 0.3) is 0 Å². The summed E-state index contributed by atoms with van der Waals surface area (Å²) < 4.78 is 28.3. The molecular formula is C14H21NO3S. The predicted octanol–water partition coefficient (Wildman–Crippen LogP) is 1.71. The van der Waals surface area contributed by atoms with Crippen LogP contribution in [0.4, 0.5) is 0 Å².